The molecule has 88 valence electrons. The fourth-order valence-corrected chi connectivity index (χ4v) is 2.88. The van der Waals surface area contributed by atoms with E-state index in [1.54, 1.807) is 11.8 Å². The number of carbonyl (C=O) groups excluding carboxylic acids is 1. The topological polar surface area (TPSA) is 64.3 Å². The molecule has 0 saturated carbocycles. The van der Waals surface area contributed by atoms with Gasteiger partial charge in [-0.3, -0.25) is 10.2 Å². The number of amides is 1. The van der Waals surface area contributed by atoms with Gasteiger partial charge in [-0.25, -0.2) is 5.84 Å². The Balaban J connectivity index is 2.38. The minimum atomic E-state index is -0.415. The number of hydrogen-bond donors (Lipinski definition) is 2. The molecule has 1 aliphatic heterocycles. The summed E-state index contributed by atoms with van der Waals surface area (Å²) in [5.74, 6) is 5.80. The molecule has 1 saturated heterocycles. The summed E-state index contributed by atoms with van der Waals surface area (Å²) in [6, 6.07) is 0. The summed E-state index contributed by atoms with van der Waals surface area (Å²) in [6.07, 6.45) is 1.37. The van der Waals surface area contributed by atoms with E-state index >= 15 is 0 Å². The highest BCUT2D eigenvalue weighted by Gasteiger charge is 2.31. The van der Waals surface area contributed by atoms with E-state index in [2.05, 4.69) is 12.3 Å². The third kappa shape index (κ3) is 3.36. The number of hydrazine groups is 1. The van der Waals surface area contributed by atoms with Gasteiger partial charge in [-0.15, -0.1) is 0 Å². The van der Waals surface area contributed by atoms with E-state index in [0.29, 0.717) is 11.4 Å². The van der Waals surface area contributed by atoms with Gasteiger partial charge in [0, 0.05) is 17.6 Å². The van der Waals surface area contributed by atoms with Gasteiger partial charge in [-0.05, 0) is 13.3 Å². The molecule has 0 bridgehead atoms. The molecule has 0 aromatic rings. The summed E-state index contributed by atoms with van der Waals surface area (Å²) < 4.78 is 5.47. The predicted molar refractivity (Wildman–Crippen MR) is 62.4 cm³/mol. The van der Waals surface area contributed by atoms with Gasteiger partial charge in [0.25, 0.3) is 0 Å². The lowest BCUT2D eigenvalue weighted by molar-refractivity contribution is -0.128. The van der Waals surface area contributed by atoms with E-state index in [4.69, 9.17) is 10.6 Å². The Morgan fingerprint density at radius 3 is 2.80 bits per heavy atom. The van der Waals surface area contributed by atoms with Crippen molar-refractivity contribution in [2.45, 2.75) is 38.5 Å². The lowest BCUT2D eigenvalue weighted by Gasteiger charge is -2.24. The van der Waals surface area contributed by atoms with Gasteiger partial charge < -0.3 is 4.74 Å². The Morgan fingerprint density at radius 1 is 1.67 bits per heavy atom. The summed E-state index contributed by atoms with van der Waals surface area (Å²) in [7, 11) is 0. The lowest BCUT2D eigenvalue weighted by Crippen LogP contribution is -2.42. The Kier molecular flexibility index (Phi) is 4.43. The Labute approximate surface area is 95.3 Å². The zero-order valence-corrected chi connectivity index (χ0v) is 10.4. The summed E-state index contributed by atoms with van der Waals surface area (Å²) in [4.78, 5) is 11.4. The first kappa shape index (κ1) is 12.8. The van der Waals surface area contributed by atoms with Crippen molar-refractivity contribution in [1.29, 1.82) is 0 Å². The highest BCUT2D eigenvalue weighted by molar-refractivity contribution is 8.00. The van der Waals surface area contributed by atoms with Crippen LogP contribution in [-0.2, 0) is 9.53 Å². The average Bonchev–Trinajstić information content (AvgIpc) is 2.60. The molecule has 1 rings (SSSR count). The first-order valence-corrected chi connectivity index (χ1v) is 6.26. The number of nitrogens with one attached hydrogen (secondary N) is 1. The summed E-state index contributed by atoms with van der Waals surface area (Å²) in [6.45, 7) is 6.73. The van der Waals surface area contributed by atoms with Crippen LogP contribution in [0.1, 0.15) is 27.2 Å². The molecule has 3 N–H and O–H groups in total. The molecular weight excluding hydrogens is 212 g/mol. The average molecular weight is 232 g/mol. The summed E-state index contributed by atoms with van der Waals surface area (Å²) in [5, 5.41) is 0.509. The zero-order chi connectivity index (χ0) is 11.5. The molecule has 2 unspecified atom stereocenters. The van der Waals surface area contributed by atoms with Gasteiger partial charge in [-0.2, -0.15) is 11.8 Å². The number of ether oxygens (including phenoxy) is 1. The van der Waals surface area contributed by atoms with Crippen molar-refractivity contribution in [3.63, 3.8) is 0 Å². The Morgan fingerprint density at radius 2 is 2.33 bits per heavy atom. The summed E-state index contributed by atoms with van der Waals surface area (Å²) in [5.41, 5.74) is 1.79. The Hall–Kier alpha value is -0.260. The molecular formula is C10H20N2O2S. The third-order valence-corrected chi connectivity index (χ3v) is 4.65. The smallest absolute Gasteiger partial charge is 0.240 e. The monoisotopic (exact) mass is 232 g/mol. The summed E-state index contributed by atoms with van der Waals surface area (Å²) >= 11 is 1.80. The molecule has 1 aliphatic rings. The quantitative estimate of drug-likeness (QED) is 0.430. The molecule has 0 spiro atoms. The molecule has 5 heteroatoms. The normalized spacial score (nSPS) is 26.7. The van der Waals surface area contributed by atoms with E-state index < -0.39 is 5.41 Å². The second-order valence-corrected chi connectivity index (χ2v) is 5.80. The van der Waals surface area contributed by atoms with Crippen LogP contribution in [0.3, 0.4) is 0 Å². The van der Waals surface area contributed by atoms with Crippen LogP contribution >= 0.6 is 11.8 Å². The van der Waals surface area contributed by atoms with Gasteiger partial charge in [0.05, 0.1) is 11.5 Å². The number of carbonyl (C=O) groups is 1. The van der Waals surface area contributed by atoms with Gasteiger partial charge in [0.15, 0.2) is 0 Å². The van der Waals surface area contributed by atoms with E-state index in [1.165, 1.54) is 0 Å². The van der Waals surface area contributed by atoms with Crippen LogP contribution in [-0.4, -0.2) is 29.6 Å². The molecule has 4 nitrogen and oxygen atoms in total. The molecule has 1 heterocycles. The van der Waals surface area contributed by atoms with Gasteiger partial charge in [0.2, 0.25) is 5.91 Å². The molecule has 15 heavy (non-hydrogen) atoms. The number of hydrogen-bond acceptors (Lipinski definition) is 4. The lowest BCUT2D eigenvalue weighted by atomic mass is 9.96. The fourth-order valence-electron chi connectivity index (χ4n) is 1.51. The van der Waals surface area contributed by atoms with Crippen molar-refractivity contribution < 1.29 is 9.53 Å². The van der Waals surface area contributed by atoms with Crippen molar-refractivity contribution in [2.75, 3.05) is 12.4 Å². The van der Waals surface area contributed by atoms with Crippen molar-refractivity contribution >= 4 is 17.7 Å². The first-order valence-electron chi connectivity index (χ1n) is 5.21. The van der Waals surface area contributed by atoms with Gasteiger partial charge in [-0.1, -0.05) is 13.8 Å². The maximum absolute atomic E-state index is 11.4. The van der Waals surface area contributed by atoms with Crippen molar-refractivity contribution in [2.24, 2.45) is 11.3 Å². The van der Waals surface area contributed by atoms with Crippen LogP contribution in [0.15, 0.2) is 0 Å². The fraction of sp³-hybridized carbons (Fsp3) is 0.900. The SMILES string of the molecule is CC1OCCC1SCC(C)(C)C(=O)NN. The molecule has 0 aromatic heterocycles. The van der Waals surface area contributed by atoms with Gasteiger partial charge >= 0.3 is 0 Å². The van der Waals surface area contributed by atoms with Crippen LogP contribution in [0.2, 0.25) is 0 Å². The minimum absolute atomic E-state index is 0.110. The van der Waals surface area contributed by atoms with Crippen LogP contribution in [0.4, 0.5) is 0 Å². The highest BCUT2D eigenvalue weighted by atomic mass is 32.2. The second-order valence-electron chi connectivity index (χ2n) is 4.57. The maximum Gasteiger partial charge on any atom is 0.240 e. The van der Waals surface area contributed by atoms with Crippen molar-refractivity contribution in [3.8, 4) is 0 Å². The minimum Gasteiger partial charge on any atom is -0.377 e. The van der Waals surface area contributed by atoms with E-state index in [-0.39, 0.29) is 5.91 Å². The van der Waals surface area contributed by atoms with E-state index in [0.717, 1.165) is 18.8 Å². The van der Waals surface area contributed by atoms with Crippen molar-refractivity contribution in [3.05, 3.63) is 0 Å². The Bertz CT molecular complexity index is 233. The second kappa shape index (κ2) is 5.18. The predicted octanol–water partition coefficient (Wildman–Crippen LogP) is 0.913. The third-order valence-electron chi connectivity index (χ3n) is 2.71. The standard InChI is InChI=1S/C10H20N2O2S/c1-7-8(4-5-14-7)15-6-10(2,3)9(13)12-11/h7-8H,4-6,11H2,1-3H3,(H,12,13). The van der Waals surface area contributed by atoms with Crippen LogP contribution in [0.25, 0.3) is 0 Å². The van der Waals surface area contributed by atoms with E-state index in [9.17, 15) is 4.79 Å². The van der Waals surface area contributed by atoms with Crippen LogP contribution in [0.5, 0.6) is 0 Å². The molecule has 0 aliphatic carbocycles. The zero-order valence-electron chi connectivity index (χ0n) is 9.58. The number of rotatable bonds is 4. The molecule has 2 atom stereocenters. The van der Waals surface area contributed by atoms with Crippen LogP contribution in [0, 0.1) is 5.41 Å². The van der Waals surface area contributed by atoms with Crippen LogP contribution < -0.4 is 11.3 Å². The number of thioether (sulfide) groups is 1. The largest absolute Gasteiger partial charge is 0.377 e. The van der Waals surface area contributed by atoms with Gasteiger partial charge in [0.1, 0.15) is 0 Å². The first-order chi connectivity index (χ1) is 6.97. The molecule has 1 fully saturated rings. The number of nitrogens with two attached hydrogens (primary N) is 1. The van der Waals surface area contributed by atoms with E-state index in [1.807, 2.05) is 13.8 Å². The highest BCUT2D eigenvalue weighted by Crippen LogP contribution is 2.31. The molecule has 0 aromatic carbocycles. The maximum atomic E-state index is 11.4. The van der Waals surface area contributed by atoms with Crippen molar-refractivity contribution in [1.82, 2.24) is 5.43 Å². The molecule has 1 amide bonds. The molecule has 0 radical (unpaired) electrons.